The van der Waals surface area contributed by atoms with Gasteiger partial charge in [0.25, 0.3) is 0 Å². The molecule has 0 aliphatic heterocycles. The fraction of sp³-hybridized carbons (Fsp3) is 0. The molecule has 0 atom stereocenters. The SMILES string of the molecule is c1ccc(-c2nc(-c3ccc4sc5ccccc5c4c3)nc(-c3cccc4c3oc3cccc(-n5c6ccccc6c6ccccc65)c34)n2)cc1. The zero-order valence-electron chi connectivity index (χ0n) is 27.1. The topological polar surface area (TPSA) is 56.7 Å². The van der Waals surface area contributed by atoms with Crippen LogP contribution in [0.4, 0.5) is 0 Å². The number of thiophene rings is 1. The third kappa shape index (κ3) is 4.30. The quantitative estimate of drug-likeness (QED) is 0.187. The molecule has 6 heteroatoms. The van der Waals surface area contributed by atoms with Crippen LogP contribution in [0.3, 0.4) is 0 Å². The Morgan fingerprint density at radius 1 is 0.451 bits per heavy atom. The predicted octanol–water partition coefficient (Wildman–Crippen LogP) is 12.2. The second-order valence-electron chi connectivity index (χ2n) is 12.8. The fourth-order valence-corrected chi connectivity index (χ4v) is 8.67. The summed E-state index contributed by atoms with van der Waals surface area (Å²) >= 11 is 1.80. The Hall–Kier alpha value is -6.63. The summed E-state index contributed by atoms with van der Waals surface area (Å²) in [6.07, 6.45) is 0. The average Bonchev–Trinajstić information content (AvgIpc) is 3.87. The van der Waals surface area contributed by atoms with Crippen LogP contribution in [-0.4, -0.2) is 19.5 Å². The van der Waals surface area contributed by atoms with Crippen molar-refractivity contribution in [3.05, 3.63) is 158 Å². The van der Waals surface area contributed by atoms with E-state index in [1.807, 2.05) is 42.5 Å². The standard InChI is InChI=1S/C45H26N4OS/c1-2-12-27(13-3-1)43-46-44(28-24-25-40-34(26-28)31-16-6-9-23-39(31)51-40)48-45(47-43)33-18-10-17-32-41-37(21-11-22-38(41)50-42(32)33)49-35-19-7-4-14-29(35)30-15-5-8-20-36(30)49/h1-26H. The minimum atomic E-state index is 0.567. The molecule has 0 spiro atoms. The third-order valence-corrected chi connectivity index (χ3v) is 11.0. The average molecular weight is 671 g/mol. The molecule has 4 aromatic heterocycles. The van der Waals surface area contributed by atoms with Crippen molar-refractivity contribution < 1.29 is 4.42 Å². The molecule has 0 radical (unpaired) electrons. The van der Waals surface area contributed by atoms with E-state index in [4.69, 9.17) is 19.4 Å². The van der Waals surface area contributed by atoms with Gasteiger partial charge >= 0.3 is 0 Å². The van der Waals surface area contributed by atoms with E-state index in [9.17, 15) is 0 Å². The van der Waals surface area contributed by atoms with Crippen LogP contribution in [0.15, 0.2) is 162 Å². The van der Waals surface area contributed by atoms with Crippen molar-refractivity contribution in [2.75, 3.05) is 0 Å². The summed E-state index contributed by atoms with van der Waals surface area (Å²) in [6.45, 7) is 0. The van der Waals surface area contributed by atoms with Gasteiger partial charge in [0.1, 0.15) is 11.2 Å². The Kier molecular flexibility index (Phi) is 6.05. The minimum Gasteiger partial charge on any atom is -0.455 e. The number of benzene rings is 7. The van der Waals surface area contributed by atoms with Crippen LogP contribution in [0.25, 0.3) is 104 Å². The van der Waals surface area contributed by atoms with Crippen molar-refractivity contribution in [1.82, 2.24) is 19.5 Å². The van der Waals surface area contributed by atoms with Crippen LogP contribution in [0.2, 0.25) is 0 Å². The zero-order chi connectivity index (χ0) is 33.5. The van der Waals surface area contributed by atoms with E-state index in [-0.39, 0.29) is 0 Å². The number of aromatic nitrogens is 4. The lowest BCUT2D eigenvalue weighted by Gasteiger charge is -2.10. The molecule has 0 fully saturated rings. The molecule has 0 aliphatic carbocycles. The van der Waals surface area contributed by atoms with Gasteiger partial charge in [-0.15, -0.1) is 11.3 Å². The van der Waals surface area contributed by atoms with Gasteiger partial charge in [-0.1, -0.05) is 103 Å². The highest BCUT2D eigenvalue weighted by atomic mass is 32.1. The molecule has 0 saturated heterocycles. The number of para-hydroxylation sites is 3. The van der Waals surface area contributed by atoms with E-state index in [0.29, 0.717) is 17.5 Å². The van der Waals surface area contributed by atoms with Crippen LogP contribution >= 0.6 is 11.3 Å². The molecule has 0 bridgehead atoms. The summed E-state index contributed by atoms with van der Waals surface area (Å²) in [5, 5.41) is 6.94. The molecule has 4 heterocycles. The first kappa shape index (κ1) is 28.2. The lowest BCUT2D eigenvalue weighted by Crippen LogP contribution is -2.00. The van der Waals surface area contributed by atoms with Gasteiger partial charge in [0.2, 0.25) is 0 Å². The van der Waals surface area contributed by atoms with Gasteiger partial charge in [-0.05, 0) is 54.6 Å². The summed E-state index contributed by atoms with van der Waals surface area (Å²) in [5.74, 6) is 1.80. The zero-order valence-corrected chi connectivity index (χ0v) is 27.9. The molecule has 0 amide bonds. The molecule has 0 aliphatic rings. The smallest absolute Gasteiger partial charge is 0.167 e. The second kappa shape index (κ2) is 10.9. The van der Waals surface area contributed by atoms with E-state index < -0.39 is 0 Å². The first-order valence-electron chi connectivity index (χ1n) is 16.9. The molecule has 238 valence electrons. The maximum absolute atomic E-state index is 6.78. The first-order chi connectivity index (χ1) is 25.3. The first-order valence-corrected chi connectivity index (χ1v) is 17.8. The third-order valence-electron chi connectivity index (χ3n) is 9.86. The molecule has 11 aromatic rings. The van der Waals surface area contributed by atoms with Crippen molar-refractivity contribution in [2.45, 2.75) is 0 Å². The van der Waals surface area contributed by atoms with Gasteiger partial charge in [-0.25, -0.2) is 15.0 Å². The molecule has 7 aromatic carbocycles. The van der Waals surface area contributed by atoms with E-state index in [1.165, 1.54) is 30.9 Å². The highest BCUT2D eigenvalue weighted by Gasteiger charge is 2.21. The summed E-state index contributed by atoms with van der Waals surface area (Å²) in [6, 6.07) is 54.9. The van der Waals surface area contributed by atoms with Crippen molar-refractivity contribution in [3.8, 4) is 39.9 Å². The Bertz CT molecular complexity index is 3100. The van der Waals surface area contributed by atoms with E-state index in [1.54, 1.807) is 11.3 Å². The van der Waals surface area contributed by atoms with Crippen LogP contribution in [0.1, 0.15) is 0 Å². The molecular formula is C45H26N4OS. The predicted molar refractivity (Wildman–Crippen MR) is 211 cm³/mol. The van der Waals surface area contributed by atoms with Gasteiger partial charge in [0, 0.05) is 47.5 Å². The number of hydrogen-bond acceptors (Lipinski definition) is 5. The van der Waals surface area contributed by atoms with Gasteiger partial charge < -0.3 is 8.98 Å². The van der Waals surface area contributed by atoms with Crippen LogP contribution < -0.4 is 0 Å². The van der Waals surface area contributed by atoms with Crippen LogP contribution in [0, 0.1) is 0 Å². The van der Waals surface area contributed by atoms with Crippen molar-refractivity contribution in [1.29, 1.82) is 0 Å². The van der Waals surface area contributed by atoms with Crippen LogP contribution in [-0.2, 0) is 0 Å². The van der Waals surface area contributed by atoms with Gasteiger partial charge in [0.05, 0.1) is 27.7 Å². The number of furan rings is 1. The van der Waals surface area contributed by atoms with Gasteiger partial charge in [0.15, 0.2) is 17.5 Å². The lowest BCUT2D eigenvalue weighted by molar-refractivity contribution is 0.669. The van der Waals surface area contributed by atoms with E-state index in [0.717, 1.165) is 55.3 Å². The normalized spacial score (nSPS) is 11.9. The highest BCUT2D eigenvalue weighted by Crippen LogP contribution is 2.42. The molecule has 51 heavy (non-hydrogen) atoms. The van der Waals surface area contributed by atoms with E-state index >= 15 is 0 Å². The maximum atomic E-state index is 6.78. The van der Waals surface area contributed by atoms with Crippen molar-refractivity contribution >= 4 is 75.3 Å². The molecule has 11 rings (SSSR count). The molecule has 0 saturated carbocycles. The number of rotatable bonds is 4. The van der Waals surface area contributed by atoms with Gasteiger partial charge in [-0.3, -0.25) is 0 Å². The summed E-state index contributed by atoms with van der Waals surface area (Å²) in [7, 11) is 0. The summed E-state index contributed by atoms with van der Waals surface area (Å²) < 4.78 is 11.6. The molecule has 0 N–H and O–H groups in total. The monoisotopic (exact) mass is 670 g/mol. The number of nitrogens with zero attached hydrogens (tertiary/aromatic N) is 4. The summed E-state index contributed by atoms with van der Waals surface area (Å²) in [5.41, 5.74) is 7.62. The lowest BCUT2D eigenvalue weighted by atomic mass is 10.1. The Balaban J connectivity index is 1.16. The van der Waals surface area contributed by atoms with Crippen LogP contribution in [0.5, 0.6) is 0 Å². The second-order valence-corrected chi connectivity index (χ2v) is 13.9. The largest absolute Gasteiger partial charge is 0.455 e. The fourth-order valence-electron chi connectivity index (χ4n) is 7.58. The number of hydrogen-bond donors (Lipinski definition) is 0. The Morgan fingerprint density at radius 3 is 1.88 bits per heavy atom. The Morgan fingerprint density at radius 2 is 1.08 bits per heavy atom. The minimum absolute atomic E-state index is 0.567. The number of fused-ring (bicyclic) bond motifs is 9. The highest BCUT2D eigenvalue weighted by molar-refractivity contribution is 7.25. The molecular weight excluding hydrogens is 645 g/mol. The van der Waals surface area contributed by atoms with Crippen molar-refractivity contribution in [3.63, 3.8) is 0 Å². The maximum Gasteiger partial charge on any atom is 0.167 e. The van der Waals surface area contributed by atoms with E-state index in [2.05, 4.69) is 120 Å². The van der Waals surface area contributed by atoms with Gasteiger partial charge in [-0.2, -0.15) is 0 Å². The molecule has 5 nitrogen and oxygen atoms in total. The molecule has 0 unspecified atom stereocenters. The Labute approximate surface area is 295 Å². The van der Waals surface area contributed by atoms with Crippen molar-refractivity contribution in [2.24, 2.45) is 0 Å². The summed E-state index contributed by atoms with van der Waals surface area (Å²) in [4.78, 5) is 15.3.